The van der Waals surface area contributed by atoms with Gasteiger partial charge in [-0.05, 0) is 43.0 Å². The van der Waals surface area contributed by atoms with Gasteiger partial charge in [0.2, 0.25) is 0 Å². The van der Waals surface area contributed by atoms with Crippen molar-refractivity contribution in [3.8, 4) is 6.07 Å². The third-order valence-electron chi connectivity index (χ3n) is 3.67. The average molecular weight is 308 g/mol. The lowest BCUT2D eigenvalue weighted by Crippen LogP contribution is -2.42. The molecule has 1 atom stereocenters. The Labute approximate surface area is 125 Å². The number of nitrogens with two attached hydrogens (primary N) is 1. The monoisotopic (exact) mass is 308 g/mol. The van der Waals surface area contributed by atoms with Crippen molar-refractivity contribution in [2.45, 2.75) is 19.4 Å². The zero-order valence-corrected chi connectivity index (χ0v) is 12.6. The van der Waals surface area contributed by atoms with Crippen LogP contribution in [0.25, 0.3) is 0 Å². The summed E-state index contributed by atoms with van der Waals surface area (Å²) in [5.74, 6) is 0.287. The standard InChI is InChI=1S/C14H20N4O2S/c15-8-12-3-5-13(6-4-12)10-18-7-1-2-14(11-18)9-17-21(16,19)20/h3-6,14,17H,1-2,7,9-11H2,(H2,16,19,20)/t14-/m0/s1. The van der Waals surface area contributed by atoms with E-state index in [0.29, 0.717) is 12.1 Å². The first-order valence-corrected chi connectivity index (χ1v) is 8.49. The van der Waals surface area contributed by atoms with E-state index in [2.05, 4.69) is 15.7 Å². The molecule has 0 bridgehead atoms. The number of benzene rings is 1. The van der Waals surface area contributed by atoms with Gasteiger partial charge in [-0.15, -0.1) is 0 Å². The fourth-order valence-electron chi connectivity index (χ4n) is 2.64. The normalized spacial score (nSPS) is 20.1. The molecule has 1 aliphatic rings. The lowest BCUT2D eigenvalue weighted by Gasteiger charge is -2.32. The number of likely N-dealkylation sites (tertiary alicyclic amines) is 1. The van der Waals surface area contributed by atoms with Crippen LogP contribution in [0.1, 0.15) is 24.0 Å². The maximum atomic E-state index is 10.9. The van der Waals surface area contributed by atoms with Crippen molar-refractivity contribution in [1.82, 2.24) is 9.62 Å². The molecule has 1 saturated heterocycles. The Bertz CT molecular complexity index is 607. The fraction of sp³-hybridized carbons (Fsp3) is 0.500. The first-order valence-electron chi connectivity index (χ1n) is 6.95. The van der Waals surface area contributed by atoms with Crippen LogP contribution in [0, 0.1) is 17.2 Å². The van der Waals surface area contributed by atoms with Crippen molar-refractivity contribution in [3.05, 3.63) is 35.4 Å². The molecule has 0 unspecified atom stereocenters. The number of nitrogens with zero attached hydrogens (tertiary/aromatic N) is 2. The van der Waals surface area contributed by atoms with E-state index < -0.39 is 10.2 Å². The third-order valence-corrected chi connectivity index (χ3v) is 4.23. The van der Waals surface area contributed by atoms with Crippen LogP contribution in [0.2, 0.25) is 0 Å². The van der Waals surface area contributed by atoms with Crippen LogP contribution in [0.5, 0.6) is 0 Å². The Hall–Kier alpha value is -1.46. The van der Waals surface area contributed by atoms with Gasteiger partial charge in [0.25, 0.3) is 10.2 Å². The molecule has 2 rings (SSSR count). The SMILES string of the molecule is N#Cc1ccc(CN2CCC[C@@H](CNS(N)(=O)=O)C2)cc1. The largest absolute Gasteiger partial charge is 0.299 e. The van der Waals surface area contributed by atoms with Gasteiger partial charge in [-0.3, -0.25) is 4.90 Å². The van der Waals surface area contributed by atoms with Crippen LogP contribution in [0.4, 0.5) is 0 Å². The second-order valence-corrected chi connectivity index (χ2v) is 6.82. The van der Waals surface area contributed by atoms with Crippen molar-refractivity contribution in [2.75, 3.05) is 19.6 Å². The van der Waals surface area contributed by atoms with Crippen molar-refractivity contribution in [1.29, 1.82) is 5.26 Å². The summed E-state index contributed by atoms with van der Waals surface area (Å²) < 4.78 is 24.2. The zero-order valence-electron chi connectivity index (χ0n) is 11.8. The van der Waals surface area contributed by atoms with Gasteiger partial charge in [-0.25, -0.2) is 9.86 Å². The molecule has 6 nitrogen and oxygen atoms in total. The first kappa shape index (κ1) is 15.9. The molecule has 1 heterocycles. The van der Waals surface area contributed by atoms with Crippen LogP contribution in [-0.4, -0.2) is 33.0 Å². The summed E-state index contributed by atoms with van der Waals surface area (Å²) >= 11 is 0. The number of hydrogen-bond donors (Lipinski definition) is 2. The van der Waals surface area contributed by atoms with Crippen LogP contribution < -0.4 is 9.86 Å². The molecule has 1 aromatic carbocycles. The van der Waals surface area contributed by atoms with Crippen molar-refractivity contribution in [3.63, 3.8) is 0 Å². The van der Waals surface area contributed by atoms with Gasteiger partial charge in [-0.2, -0.15) is 13.7 Å². The van der Waals surface area contributed by atoms with Gasteiger partial charge in [0.15, 0.2) is 0 Å². The molecule has 0 aromatic heterocycles. The molecule has 3 N–H and O–H groups in total. The molecule has 7 heteroatoms. The van der Waals surface area contributed by atoms with Gasteiger partial charge in [0, 0.05) is 19.6 Å². The average Bonchev–Trinajstić information content (AvgIpc) is 2.46. The lowest BCUT2D eigenvalue weighted by atomic mass is 9.98. The Balaban J connectivity index is 1.87. The number of nitriles is 1. The second kappa shape index (κ2) is 7.00. The van der Waals surface area contributed by atoms with Gasteiger partial charge >= 0.3 is 0 Å². The van der Waals surface area contributed by atoms with Gasteiger partial charge < -0.3 is 0 Å². The highest BCUT2D eigenvalue weighted by Gasteiger charge is 2.20. The van der Waals surface area contributed by atoms with E-state index >= 15 is 0 Å². The molecule has 1 aromatic rings. The number of nitrogens with one attached hydrogen (secondary N) is 1. The van der Waals surface area contributed by atoms with Crippen LogP contribution in [0.15, 0.2) is 24.3 Å². The molecule has 1 fully saturated rings. The fourth-order valence-corrected chi connectivity index (χ4v) is 3.11. The van der Waals surface area contributed by atoms with Gasteiger partial charge in [0.05, 0.1) is 11.6 Å². The molecule has 0 amide bonds. The smallest absolute Gasteiger partial charge is 0.274 e. The third kappa shape index (κ3) is 5.44. The topological polar surface area (TPSA) is 99.2 Å². The molecule has 1 aliphatic heterocycles. The maximum absolute atomic E-state index is 10.9. The molecule has 21 heavy (non-hydrogen) atoms. The van der Waals surface area contributed by atoms with E-state index in [1.165, 1.54) is 0 Å². The Kier molecular flexibility index (Phi) is 5.31. The van der Waals surface area contributed by atoms with Gasteiger partial charge in [-0.1, -0.05) is 12.1 Å². The highest BCUT2D eigenvalue weighted by Crippen LogP contribution is 2.18. The molecular formula is C14H20N4O2S. The summed E-state index contributed by atoms with van der Waals surface area (Å²) in [5, 5.41) is 13.7. The summed E-state index contributed by atoms with van der Waals surface area (Å²) in [5.41, 5.74) is 1.82. The number of piperidine rings is 1. The van der Waals surface area contributed by atoms with Crippen LogP contribution in [-0.2, 0) is 16.8 Å². The van der Waals surface area contributed by atoms with Gasteiger partial charge in [0.1, 0.15) is 0 Å². The predicted molar refractivity (Wildman–Crippen MR) is 80.3 cm³/mol. The summed E-state index contributed by atoms with van der Waals surface area (Å²) in [6.45, 7) is 3.06. The predicted octanol–water partition coefficient (Wildman–Crippen LogP) is 0.563. The van der Waals surface area contributed by atoms with Crippen molar-refractivity contribution in [2.24, 2.45) is 11.1 Å². The zero-order chi connectivity index (χ0) is 15.3. The van der Waals surface area contributed by atoms with E-state index in [1.807, 2.05) is 24.3 Å². The van der Waals surface area contributed by atoms with E-state index in [4.69, 9.17) is 10.4 Å². The highest BCUT2D eigenvalue weighted by molar-refractivity contribution is 7.87. The molecule has 0 radical (unpaired) electrons. The summed E-state index contributed by atoms with van der Waals surface area (Å²) in [7, 11) is -3.61. The Morgan fingerprint density at radius 1 is 1.38 bits per heavy atom. The van der Waals surface area contributed by atoms with Crippen LogP contribution in [0.3, 0.4) is 0 Å². The summed E-state index contributed by atoms with van der Waals surface area (Å²) in [4.78, 5) is 2.31. The van der Waals surface area contributed by atoms with Crippen LogP contribution >= 0.6 is 0 Å². The quantitative estimate of drug-likeness (QED) is 0.830. The minimum atomic E-state index is -3.61. The number of rotatable bonds is 5. The maximum Gasteiger partial charge on any atom is 0.274 e. The minimum Gasteiger partial charge on any atom is -0.299 e. The molecular weight excluding hydrogens is 288 g/mol. The minimum absolute atomic E-state index is 0.287. The second-order valence-electron chi connectivity index (χ2n) is 5.45. The van der Waals surface area contributed by atoms with E-state index in [9.17, 15) is 8.42 Å². The summed E-state index contributed by atoms with van der Waals surface area (Å²) in [6, 6.07) is 9.67. The number of hydrogen-bond acceptors (Lipinski definition) is 4. The van der Waals surface area contributed by atoms with E-state index in [0.717, 1.165) is 38.0 Å². The van der Waals surface area contributed by atoms with E-state index in [1.54, 1.807) is 0 Å². The lowest BCUT2D eigenvalue weighted by molar-refractivity contribution is 0.169. The van der Waals surface area contributed by atoms with Crippen molar-refractivity contribution < 1.29 is 8.42 Å². The molecule has 114 valence electrons. The Morgan fingerprint density at radius 2 is 2.10 bits per heavy atom. The Morgan fingerprint density at radius 3 is 2.71 bits per heavy atom. The molecule has 0 spiro atoms. The van der Waals surface area contributed by atoms with E-state index in [-0.39, 0.29) is 5.92 Å². The highest BCUT2D eigenvalue weighted by atomic mass is 32.2. The molecule has 0 saturated carbocycles. The van der Waals surface area contributed by atoms with Crippen molar-refractivity contribution >= 4 is 10.2 Å². The first-order chi connectivity index (χ1) is 9.96. The summed E-state index contributed by atoms with van der Waals surface area (Å²) in [6.07, 6.45) is 2.06. The molecule has 0 aliphatic carbocycles.